The van der Waals surface area contributed by atoms with Gasteiger partial charge >= 0.3 is 45.6 Å². The summed E-state index contributed by atoms with van der Waals surface area (Å²) in [4.78, 5) is 0. The van der Waals surface area contributed by atoms with Crippen LogP contribution in [0.1, 0.15) is 0 Å². The van der Waals surface area contributed by atoms with Gasteiger partial charge in [-0.3, -0.25) is 0 Å². The quantitative estimate of drug-likeness (QED) is 0.417. The molecule has 0 bridgehead atoms. The Balaban J connectivity index is 0. The molecule has 2 N–H and O–H groups in total. The maximum absolute atomic E-state index is 0. The van der Waals surface area contributed by atoms with Gasteiger partial charge in [-0.2, -0.15) is 0 Å². The summed E-state index contributed by atoms with van der Waals surface area (Å²) in [5.41, 5.74) is 0. The normalized spacial score (nSPS) is 0. The Morgan fingerprint density at radius 1 is 1.00 bits per heavy atom. The molecule has 0 unspecified atom stereocenters. The Morgan fingerprint density at radius 3 is 1.00 bits per heavy atom. The van der Waals surface area contributed by atoms with Crippen molar-refractivity contribution in [3.8, 4) is 0 Å². The zero-order chi connectivity index (χ0) is 0. The molecule has 0 aliphatic rings. The van der Waals surface area contributed by atoms with Gasteiger partial charge in [0.1, 0.15) is 0 Å². The first-order valence-electron chi connectivity index (χ1n) is 0. The van der Waals surface area contributed by atoms with Crippen LogP contribution in [0.15, 0.2) is 0 Å². The second-order valence-corrected chi connectivity index (χ2v) is 0. The van der Waals surface area contributed by atoms with Crippen LogP contribution < -0.4 is 0 Å². The van der Waals surface area contributed by atoms with E-state index in [0.717, 1.165) is 0 Å². The van der Waals surface area contributed by atoms with Crippen molar-refractivity contribution in [1.82, 2.24) is 0 Å². The SMILES string of the molecule is O.[GaH3].[InH3].[Zn]. The topological polar surface area (TPSA) is 31.5 Å². The molecule has 0 radical (unpaired) electrons. The summed E-state index contributed by atoms with van der Waals surface area (Å²) in [5, 5.41) is 0. The van der Waals surface area contributed by atoms with E-state index in [4.69, 9.17) is 0 Å². The van der Waals surface area contributed by atoms with Gasteiger partial charge in [-0.25, -0.2) is 0 Å². The van der Waals surface area contributed by atoms with E-state index in [1.807, 2.05) is 0 Å². The molecule has 0 atom stereocenters. The van der Waals surface area contributed by atoms with Crippen LogP contribution in [0.25, 0.3) is 0 Å². The average molecular weight is 274 g/mol. The fourth-order valence-corrected chi connectivity index (χ4v) is 0. The summed E-state index contributed by atoms with van der Waals surface area (Å²) >= 11 is 0. The molecule has 0 amide bonds. The molecule has 0 spiro atoms. The molecule has 1 nitrogen and oxygen atoms in total. The van der Waals surface area contributed by atoms with Gasteiger partial charge in [0.15, 0.2) is 0 Å². The van der Waals surface area contributed by atoms with Gasteiger partial charge in [-0.05, 0) is 0 Å². The second kappa shape index (κ2) is 19.5. The minimum atomic E-state index is 0. The molecular formula is H8GaInOZn. The van der Waals surface area contributed by atoms with Gasteiger partial charge in [0.25, 0.3) is 0 Å². The van der Waals surface area contributed by atoms with Crippen molar-refractivity contribution in [2.75, 3.05) is 0 Å². The molecule has 0 saturated heterocycles. The number of rotatable bonds is 0. The van der Waals surface area contributed by atoms with E-state index in [1.54, 1.807) is 0 Å². The fourth-order valence-electron chi connectivity index (χ4n) is 0. The van der Waals surface area contributed by atoms with E-state index in [-0.39, 0.29) is 70.6 Å². The smallest absolute Gasteiger partial charge is 0 e. The standard InChI is InChI=1S/Ga.In.H2O.Zn.6H/h;;1H2;;;;;;;. The third-order valence-corrected chi connectivity index (χ3v) is 0. The van der Waals surface area contributed by atoms with Crippen molar-refractivity contribution in [3.05, 3.63) is 0 Å². The Bertz CT molecular complexity index is 8.00. The average Bonchev–Trinajstić information content (AvgIpc) is 0. The van der Waals surface area contributed by atoms with E-state index in [9.17, 15) is 0 Å². The van der Waals surface area contributed by atoms with Crippen LogP contribution in [-0.2, 0) is 19.5 Å². The molecule has 4 heteroatoms. The minimum absolute atomic E-state index is 0. The molecule has 0 aliphatic carbocycles. The maximum Gasteiger partial charge on any atom is 0 e. The minimum Gasteiger partial charge on any atom is 0 e. The summed E-state index contributed by atoms with van der Waals surface area (Å²) in [6.45, 7) is 0. The summed E-state index contributed by atoms with van der Waals surface area (Å²) < 4.78 is 0. The molecule has 0 aromatic rings. The van der Waals surface area contributed by atoms with Crippen LogP contribution in [0.5, 0.6) is 0 Å². The Hall–Kier alpha value is 2.09. The van der Waals surface area contributed by atoms with Gasteiger partial charge in [0, 0.05) is 19.5 Å². The third kappa shape index (κ3) is 8.94. The maximum atomic E-state index is 0. The van der Waals surface area contributed by atoms with Gasteiger partial charge in [0.2, 0.25) is 0 Å². The summed E-state index contributed by atoms with van der Waals surface area (Å²) in [6, 6.07) is 0. The predicted molar refractivity (Wildman–Crippen MR) is 23.5 cm³/mol. The molecule has 0 rings (SSSR count). The summed E-state index contributed by atoms with van der Waals surface area (Å²) in [7, 11) is 0. The molecule has 0 aliphatic heterocycles. The largest absolute Gasteiger partial charge is 0 e. The van der Waals surface area contributed by atoms with E-state index in [2.05, 4.69) is 0 Å². The van der Waals surface area contributed by atoms with Crippen molar-refractivity contribution in [2.24, 2.45) is 0 Å². The van der Waals surface area contributed by atoms with Crippen LogP contribution >= 0.6 is 0 Å². The van der Waals surface area contributed by atoms with Crippen LogP contribution in [-0.4, -0.2) is 51.1 Å². The Labute approximate surface area is 69.8 Å². The summed E-state index contributed by atoms with van der Waals surface area (Å²) in [5.74, 6) is 0. The second-order valence-electron chi connectivity index (χ2n) is 0. The van der Waals surface area contributed by atoms with Crippen LogP contribution in [0.3, 0.4) is 0 Å². The summed E-state index contributed by atoms with van der Waals surface area (Å²) in [6.07, 6.45) is 0. The monoisotopic (exact) mass is 272 g/mol. The van der Waals surface area contributed by atoms with Gasteiger partial charge in [-0.15, -0.1) is 0 Å². The van der Waals surface area contributed by atoms with E-state index < -0.39 is 0 Å². The molecular weight excluding hydrogens is 266 g/mol. The first kappa shape index (κ1) is 36.1. The van der Waals surface area contributed by atoms with Crippen LogP contribution in [0.4, 0.5) is 0 Å². The first-order valence-corrected chi connectivity index (χ1v) is 0. The van der Waals surface area contributed by atoms with Gasteiger partial charge in [0.05, 0.1) is 0 Å². The van der Waals surface area contributed by atoms with Crippen LogP contribution in [0, 0.1) is 0 Å². The molecule has 22 valence electrons. The fraction of sp³-hybridized carbons (Fsp3) is 0. The third-order valence-electron chi connectivity index (χ3n) is 0. The van der Waals surface area contributed by atoms with Crippen molar-refractivity contribution in [3.63, 3.8) is 0 Å². The molecule has 4 heavy (non-hydrogen) atoms. The van der Waals surface area contributed by atoms with Crippen LogP contribution in [0.2, 0.25) is 0 Å². The van der Waals surface area contributed by atoms with Crippen molar-refractivity contribution < 1.29 is 25.0 Å². The number of hydrogen-bond acceptors (Lipinski definition) is 0. The van der Waals surface area contributed by atoms with Crippen molar-refractivity contribution in [2.45, 2.75) is 0 Å². The molecule has 0 fully saturated rings. The molecule has 0 heterocycles. The predicted octanol–water partition coefficient (Wildman–Crippen LogP) is -3.20. The van der Waals surface area contributed by atoms with Crippen molar-refractivity contribution >= 4 is 45.6 Å². The molecule has 0 aromatic heterocycles. The molecule has 0 saturated carbocycles. The van der Waals surface area contributed by atoms with E-state index in [0.29, 0.717) is 0 Å². The van der Waals surface area contributed by atoms with Gasteiger partial charge < -0.3 is 5.48 Å². The Kier molecular flexibility index (Phi) is 176. The zero-order valence-corrected chi connectivity index (χ0v) is 4.17. The molecule has 0 aromatic carbocycles. The van der Waals surface area contributed by atoms with Gasteiger partial charge in [-0.1, -0.05) is 0 Å². The zero-order valence-electron chi connectivity index (χ0n) is 1.21. The number of hydrogen-bond donors (Lipinski definition) is 0. The first-order chi connectivity index (χ1) is 0. The van der Waals surface area contributed by atoms with Crippen molar-refractivity contribution in [1.29, 1.82) is 0 Å². The van der Waals surface area contributed by atoms with E-state index in [1.165, 1.54) is 0 Å². The van der Waals surface area contributed by atoms with E-state index >= 15 is 0 Å². The Morgan fingerprint density at radius 2 is 1.00 bits per heavy atom.